The summed E-state index contributed by atoms with van der Waals surface area (Å²) in [5.74, 6) is -1.10. The van der Waals surface area contributed by atoms with Crippen molar-refractivity contribution in [1.29, 1.82) is 0 Å². The van der Waals surface area contributed by atoms with Crippen molar-refractivity contribution < 1.29 is 32.1 Å². The number of benzene rings is 1. The third-order valence-electron chi connectivity index (χ3n) is 4.34. The molecule has 5 N–H and O–H groups in total. The van der Waals surface area contributed by atoms with Crippen LogP contribution in [-0.4, -0.2) is 37.1 Å². The van der Waals surface area contributed by atoms with E-state index in [9.17, 15) is 18.5 Å². The molecule has 0 aliphatic rings. The van der Waals surface area contributed by atoms with Crippen molar-refractivity contribution >= 4 is 19.6 Å². The molecule has 11 heteroatoms. The first-order valence-electron chi connectivity index (χ1n) is 10.4. The van der Waals surface area contributed by atoms with Gasteiger partial charge in [0, 0.05) is 5.56 Å². The number of carbonyl (C=O) groups is 2. The average Bonchev–Trinajstić information content (AvgIpc) is 2.76. The molecule has 0 aliphatic heterocycles. The largest absolute Gasteiger partial charge is 0.530 e. The van der Waals surface area contributed by atoms with Gasteiger partial charge in [0.1, 0.15) is 18.5 Å². The Morgan fingerprint density at radius 1 is 1.21 bits per heavy atom. The van der Waals surface area contributed by atoms with E-state index < -0.39 is 38.4 Å². The van der Waals surface area contributed by atoms with E-state index in [1.807, 2.05) is 13.8 Å². The lowest BCUT2D eigenvalue weighted by Gasteiger charge is -2.21. The molecule has 1 aromatic carbocycles. The van der Waals surface area contributed by atoms with Crippen LogP contribution < -0.4 is 21.3 Å². The summed E-state index contributed by atoms with van der Waals surface area (Å²) in [6.45, 7) is 9.59. The first kappa shape index (κ1) is 28.5. The van der Waals surface area contributed by atoms with Crippen LogP contribution in [0.15, 0.2) is 43.5 Å². The summed E-state index contributed by atoms with van der Waals surface area (Å²) >= 11 is 0. The molecule has 0 radical (unpaired) electrons. The Hall–Kier alpha value is -2.52. The number of halogens is 1. The number of phosphoric acid groups is 1. The van der Waals surface area contributed by atoms with Gasteiger partial charge in [-0.15, -0.1) is 13.2 Å². The molecule has 0 spiro atoms. The molecule has 2 amide bonds. The second-order valence-electron chi connectivity index (χ2n) is 7.69. The van der Waals surface area contributed by atoms with E-state index >= 15 is 0 Å². The molecular weight excluding hydrogens is 452 g/mol. The fourth-order valence-electron chi connectivity index (χ4n) is 2.79. The number of hydrogen-bond donors (Lipinski definition) is 3. The van der Waals surface area contributed by atoms with Gasteiger partial charge in [-0.1, -0.05) is 32.1 Å². The van der Waals surface area contributed by atoms with Crippen LogP contribution in [0.4, 0.5) is 4.39 Å². The zero-order valence-electron chi connectivity index (χ0n) is 19.0. The maximum absolute atomic E-state index is 13.7. The van der Waals surface area contributed by atoms with Crippen molar-refractivity contribution in [3.05, 3.63) is 54.6 Å². The molecule has 0 heterocycles. The summed E-state index contributed by atoms with van der Waals surface area (Å²) in [5, 5.41) is 2.55. The van der Waals surface area contributed by atoms with Crippen LogP contribution in [0.2, 0.25) is 0 Å². The van der Waals surface area contributed by atoms with Crippen LogP contribution in [0, 0.1) is 5.92 Å². The molecule has 2 atom stereocenters. The quantitative estimate of drug-likeness (QED) is 0.241. The van der Waals surface area contributed by atoms with E-state index in [4.69, 9.17) is 25.0 Å². The van der Waals surface area contributed by atoms with Gasteiger partial charge in [-0.3, -0.25) is 18.6 Å². The minimum Gasteiger partial charge on any atom is -0.404 e. The summed E-state index contributed by atoms with van der Waals surface area (Å²) < 4.78 is 42.0. The predicted molar refractivity (Wildman–Crippen MR) is 124 cm³/mol. The highest BCUT2D eigenvalue weighted by Crippen LogP contribution is 2.50. The lowest BCUT2D eigenvalue weighted by Crippen LogP contribution is -2.51. The summed E-state index contributed by atoms with van der Waals surface area (Å²) in [5.41, 5.74) is 11.9. The molecule has 1 rings (SSSR count). The molecule has 0 saturated heterocycles. The number of carbonyl (C=O) groups excluding carboxylic acids is 2. The predicted octanol–water partition coefficient (Wildman–Crippen LogP) is 2.93. The second kappa shape index (κ2) is 13.9. The van der Waals surface area contributed by atoms with Crippen molar-refractivity contribution in [3.8, 4) is 5.75 Å². The number of alkyl halides is 1. The zero-order valence-corrected chi connectivity index (χ0v) is 19.9. The molecule has 2 unspecified atom stereocenters. The SMILES string of the molecule is C=CCOP(=O)(OCC=C)Oc1ccc(CC(N)C(=O)NC(CC(C)C)C(N)=O)cc1CF. The van der Waals surface area contributed by atoms with Gasteiger partial charge in [-0.05, 0) is 36.5 Å². The molecule has 9 nitrogen and oxygen atoms in total. The highest BCUT2D eigenvalue weighted by Gasteiger charge is 2.29. The maximum atomic E-state index is 13.7. The number of nitrogens with two attached hydrogens (primary N) is 2. The minimum absolute atomic E-state index is 0.0403. The molecule has 33 heavy (non-hydrogen) atoms. The number of hydrogen-bond acceptors (Lipinski definition) is 7. The Morgan fingerprint density at radius 2 is 1.82 bits per heavy atom. The molecule has 0 fully saturated rings. The van der Waals surface area contributed by atoms with Gasteiger partial charge >= 0.3 is 7.82 Å². The molecule has 0 aromatic heterocycles. The molecule has 1 aromatic rings. The Bertz CT molecular complexity index is 864. The number of primary amides is 1. The Morgan fingerprint density at radius 3 is 2.30 bits per heavy atom. The van der Waals surface area contributed by atoms with Crippen LogP contribution in [0.3, 0.4) is 0 Å². The number of rotatable bonds is 16. The van der Waals surface area contributed by atoms with Gasteiger partial charge in [0.05, 0.1) is 19.3 Å². The van der Waals surface area contributed by atoms with Crippen LogP contribution in [0.25, 0.3) is 0 Å². The van der Waals surface area contributed by atoms with Crippen LogP contribution in [0.5, 0.6) is 5.75 Å². The van der Waals surface area contributed by atoms with Gasteiger partial charge in [0.25, 0.3) is 0 Å². The van der Waals surface area contributed by atoms with Gasteiger partial charge in [-0.25, -0.2) is 8.96 Å². The maximum Gasteiger partial charge on any atom is 0.530 e. The van der Waals surface area contributed by atoms with Gasteiger partial charge < -0.3 is 21.3 Å². The van der Waals surface area contributed by atoms with Crippen LogP contribution in [0.1, 0.15) is 31.4 Å². The van der Waals surface area contributed by atoms with Crippen molar-refractivity contribution in [2.24, 2.45) is 17.4 Å². The lowest BCUT2D eigenvalue weighted by atomic mass is 10.0. The van der Waals surface area contributed by atoms with E-state index in [0.29, 0.717) is 12.0 Å². The van der Waals surface area contributed by atoms with E-state index in [-0.39, 0.29) is 36.9 Å². The standard InChI is InChI=1S/C22H33FN3O6P/c1-5-9-30-33(29,31-10-6-2)32-20-8-7-16(12-17(20)14-23)13-18(24)22(28)26-19(21(25)27)11-15(3)4/h5-8,12,15,18-19H,1-2,9-11,13-14,24H2,3-4H3,(H2,25,27)(H,26,28). The average molecular weight is 485 g/mol. The molecular formula is C22H33FN3O6P. The van der Waals surface area contributed by atoms with E-state index in [1.54, 1.807) is 6.07 Å². The van der Waals surface area contributed by atoms with Crippen molar-refractivity contribution in [3.63, 3.8) is 0 Å². The number of nitrogens with one attached hydrogen (secondary N) is 1. The highest BCUT2D eigenvalue weighted by molar-refractivity contribution is 7.48. The van der Waals surface area contributed by atoms with Crippen molar-refractivity contribution in [2.75, 3.05) is 13.2 Å². The lowest BCUT2D eigenvalue weighted by molar-refractivity contribution is -0.128. The minimum atomic E-state index is -4.05. The molecule has 0 aliphatic carbocycles. The third kappa shape index (κ3) is 9.88. The van der Waals surface area contributed by atoms with Gasteiger partial charge in [-0.2, -0.15) is 0 Å². The van der Waals surface area contributed by atoms with Crippen molar-refractivity contribution in [2.45, 2.75) is 45.4 Å². The molecule has 184 valence electrons. The summed E-state index contributed by atoms with van der Waals surface area (Å²) in [4.78, 5) is 24.0. The number of phosphoric ester groups is 1. The normalized spacial score (nSPS) is 13.2. The van der Waals surface area contributed by atoms with Crippen molar-refractivity contribution in [1.82, 2.24) is 5.32 Å². The van der Waals surface area contributed by atoms with Crippen LogP contribution in [-0.2, 0) is 36.3 Å². The third-order valence-corrected chi connectivity index (χ3v) is 5.69. The number of amides is 2. The fourth-order valence-corrected chi connectivity index (χ4v) is 3.97. The van der Waals surface area contributed by atoms with E-state index in [2.05, 4.69) is 18.5 Å². The second-order valence-corrected chi connectivity index (χ2v) is 9.28. The Kier molecular flexibility index (Phi) is 12.0. The van der Waals surface area contributed by atoms with Crippen LogP contribution >= 0.6 is 7.82 Å². The van der Waals surface area contributed by atoms with Gasteiger partial charge in [0.15, 0.2) is 0 Å². The molecule has 0 saturated carbocycles. The van der Waals surface area contributed by atoms with E-state index in [1.165, 1.54) is 24.3 Å². The monoisotopic (exact) mass is 485 g/mol. The van der Waals surface area contributed by atoms with E-state index in [0.717, 1.165) is 0 Å². The molecule has 0 bridgehead atoms. The fraction of sp³-hybridized carbons (Fsp3) is 0.455. The summed E-state index contributed by atoms with van der Waals surface area (Å²) in [6, 6.07) is 2.54. The topological polar surface area (TPSA) is 143 Å². The first-order chi connectivity index (χ1) is 15.5. The smallest absolute Gasteiger partial charge is 0.404 e. The Labute approximate surface area is 193 Å². The highest BCUT2D eigenvalue weighted by atomic mass is 31.2. The summed E-state index contributed by atoms with van der Waals surface area (Å²) in [7, 11) is -4.05. The first-order valence-corrected chi connectivity index (χ1v) is 11.8. The Balaban J connectivity index is 2.95. The zero-order chi connectivity index (χ0) is 25.0. The summed E-state index contributed by atoms with van der Waals surface area (Å²) in [6.07, 6.45) is 3.17. The van der Waals surface area contributed by atoms with Gasteiger partial charge in [0.2, 0.25) is 11.8 Å².